The Morgan fingerprint density at radius 2 is 1.66 bits per heavy atom. The van der Waals surface area contributed by atoms with Crippen LogP contribution in [0, 0.1) is 0 Å². The van der Waals surface area contributed by atoms with E-state index in [2.05, 4.69) is 25.5 Å². The summed E-state index contributed by atoms with van der Waals surface area (Å²) in [6.45, 7) is 2.63. The van der Waals surface area contributed by atoms with Gasteiger partial charge in [-0.25, -0.2) is 5.43 Å². The molecule has 1 N–H and O–H groups in total. The lowest BCUT2D eigenvalue weighted by Crippen LogP contribution is -2.37. The van der Waals surface area contributed by atoms with E-state index >= 15 is 0 Å². The molecule has 1 saturated heterocycles. The molecule has 0 atom stereocenters. The highest BCUT2D eigenvalue weighted by molar-refractivity contribution is 5.82. The molecule has 0 saturated carbocycles. The fraction of sp³-hybridized carbons (Fsp3) is 0.444. The zero-order chi connectivity index (χ0) is 20.6. The van der Waals surface area contributed by atoms with Crippen molar-refractivity contribution in [1.29, 1.82) is 0 Å². The fourth-order valence-corrected chi connectivity index (χ4v) is 2.73. The van der Waals surface area contributed by atoms with Gasteiger partial charge in [-0.15, -0.1) is 0 Å². The van der Waals surface area contributed by atoms with Gasteiger partial charge in [0, 0.05) is 18.7 Å². The Morgan fingerprint density at radius 1 is 0.966 bits per heavy atom. The smallest absolute Gasteiger partial charge is 0.322 e. The average molecular weight is 404 g/mol. The van der Waals surface area contributed by atoms with Crippen molar-refractivity contribution in [3.05, 3.63) is 17.7 Å². The Labute approximate surface area is 168 Å². The van der Waals surface area contributed by atoms with Crippen LogP contribution in [0.25, 0.3) is 0 Å². The monoisotopic (exact) mass is 404 g/mol. The lowest BCUT2D eigenvalue weighted by atomic mass is 10.2. The van der Waals surface area contributed by atoms with Crippen molar-refractivity contribution < 1.29 is 23.7 Å². The number of anilines is 2. The molecule has 0 bridgehead atoms. The summed E-state index contributed by atoms with van der Waals surface area (Å²) in [6.07, 6.45) is 1.59. The Kier molecular flexibility index (Phi) is 6.85. The second kappa shape index (κ2) is 9.73. The molecule has 1 fully saturated rings. The predicted octanol–water partition coefficient (Wildman–Crippen LogP) is 1.19. The maximum Gasteiger partial charge on any atom is 0.322 e. The first-order valence-electron chi connectivity index (χ1n) is 8.90. The van der Waals surface area contributed by atoms with E-state index < -0.39 is 0 Å². The van der Waals surface area contributed by atoms with Crippen LogP contribution in [-0.4, -0.2) is 75.9 Å². The van der Waals surface area contributed by atoms with E-state index in [0.717, 1.165) is 5.56 Å². The number of ether oxygens (including phenoxy) is 5. The topological polar surface area (TPSA) is 112 Å². The van der Waals surface area contributed by atoms with Gasteiger partial charge in [-0.1, -0.05) is 0 Å². The highest BCUT2D eigenvalue weighted by Gasteiger charge is 2.17. The summed E-state index contributed by atoms with van der Waals surface area (Å²) in [5.41, 5.74) is 3.54. The molecule has 0 unspecified atom stereocenters. The quantitative estimate of drug-likeness (QED) is 0.508. The molecule has 1 aromatic carbocycles. The lowest BCUT2D eigenvalue weighted by molar-refractivity contribution is 0.122. The van der Waals surface area contributed by atoms with Crippen LogP contribution in [-0.2, 0) is 4.74 Å². The third-order valence-electron chi connectivity index (χ3n) is 4.14. The Morgan fingerprint density at radius 3 is 2.24 bits per heavy atom. The van der Waals surface area contributed by atoms with Gasteiger partial charge in [0.05, 0.1) is 47.9 Å². The van der Waals surface area contributed by atoms with Crippen molar-refractivity contribution in [1.82, 2.24) is 15.0 Å². The van der Waals surface area contributed by atoms with Crippen molar-refractivity contribution in [3.63, 3.8) is 0 Å². The number of benzene rings is 1. The van der Waals surface area contributed by atoms with Crippen LogP contribution in [0.3, 0.4) is 0 Å². The summed E-state index contributed by atoms with van der Waals surface area (Å²) >= 11 is 0. The van der Waals surface area contributed by atoms with Crippen molar-refractivity contribution >= 4 is 18.1 Å². The number of hydrogen-bond acceptors (Lipinski definition) is 11. The van der Waals surface area contributed by atoms with Crippen molar-refractivity contribution in [3.8, 4) is 23.3 Å². The minimum Gasteiger partial charge on any atom is -0.493 e. The number of aromatic nitrogens is 3. The molecule has 0 spiro atoms. The molecule has 0 aliphatic carbocycles. The van der Waals surface area contributed by atoms with Gasteiger partial charge in [0.1, 0.15) is 0 Å². The molecule has 0 amide bonds. The van der Waals surface area contributed by atoms with Gasteiger partial charge in [-0.3, -0.25) is 0 Å². The molecule has 3 rings (SSSR count). The number of hydrogen-bond donors (Lipinski definition) is 1. The Hall–Kier alpha value is -3.34. The molecule has 1 aromatic heterocycles. The molecule has 1 aliphatic heterocycles. The van der Waals surface area contributed by atoms with Crippen LogP contribution in [0.4, 0.5) is 11.9 Å². The van der Waals surface area contributed by atoms with E-state index in [1.165, 1.54) is 7.11 Å². The van der Waals surface area contributed by atoms with Gasteiger partial charge in [0.15, 0.2) is 11.5 Å². The number of nitrogens with zero attached hydrogens (tertiary/aromatic N) is 5. The predicted molar refractivity (Wildman–Crippen MR) is 107 cm³/mol. The molecule has 1 aliphatic rings. The summed E-state index contributed by atoms with van der Waals surface area (Å²) in [6, 6.07) is 3.76. The molecule has 2 heterocycles. The molecule has 29 heavy (non-hydrogen) atoms. The van der Waals surface area contributed by atoms with Crippen molar-refractivity contribution in [2.45, 2.75) is 0 Å². The van der Waals surface area contributed by atoms with Crippen LogP contribution in [0.15, 0.2) is 17.2 Å². The first kappa shape index (κ1) is 20.4. The third-order valence-corrected chi connectivity index (χ3v) is 4.14. The molecule has 0 radical (unpaired) electrons. The van der Waals surface area contributed by atoms with E-state index in [9.17, 15) is 0 Å². The second-order valence-electron chi connectivity index (χ2n) is 5.87. The normalized spacial score (nSPS) is 14.0. The number of hydrazone groups is 1. The van der Waals surface area contributed by atoms with Gasteiger partial charge >= 0.3 is 6.01 Å². The maximum absolute atomic E-state index is 5.36. The standard InChI is InChI=1S/C18H24N6O5/c1-25-13-9-12(10-14(26-2)15(13)27-3)11-19-23-16-20-17(22-18(21-16)28-4)24-5-7-29-8-6-24/h9-11H,5-8H2,1-4H3,(H,20,21,22,23)/b19-11-. The molecular weight excluding hydrogens is 380 g/mol. The van der Waals surface area contributed by atoms with Crippen LogP contribution in [0.1, 0.15) is 5.56 Å². The van der Waals surface area contributed by atoms with Crippen molar-refractivity contribution in [2.24, 2.45) is 5.10 Å². The molecule has 11 heteroatoms. The summed E-state index contributed by atoms with van der Waals surface area (Å²) in [5, 5.41) is 4.20. The number of morpholine rings is 1. The summed E-state index contributed by atoms with van der Waals surface area (Å²) in [7, 11) is 6.17. The van der Waals surface area contributed by atoms with Crippen LogP contribution in [0.2, 0.25) is 0 Å². The number of methoxy groups -OCH3 is 4. The largest absolute Gasteiger partial charge is 0.493 e. The zero-order valence-electron chi connectivity index (χ0n) is 16.8. The van der Waals surface area contributed by atoms with Crippen LogP contribution >= 0.6 is 0 Å². The summed E-state index contributed by atoms with van der Waals surface area (Å²) in [5.74, 6) is 2.35. The van der Waals surface area contributed by atoms with E-state index in [-0.39, 0.29) is 12.0 Å². The van der Waals surface area contributed by atoms with E-state index in [4.69, 9.17) is 23.7 Å². The number of nitrogens with one attached hydrogen (secondary N) is 1. The number of rotatable bonds is 8. The molecule has 2 aromatic rings. The minimum absolute atomic E-state index is 0.201. The van der Waals surface area contributed by atoms with Gasteiger partial charge in [-0.05, 0) is 12.1 Å². The summed E-state index contributed by atoms with van der Waals surface area (Å²) in [4.78, 5) is 14.9. The molecular formula is C18H24N6O5. The van der Waals surface area contributed by atoms with Gasteiger partial charge in [0.2, 0.25) is 11.7 Å². The first-order chi connectivity index (χ1) is 14.2. The maximum atomic E-state index is 5.36. The van der Waals surface area contributed by atoms with Gasteiger partial charge in [-0.2, -0.15) is 20.1 Å². The van der Waals surface area contributed by atoms with E-state index in [1.54, 1.807) is 39.7 Å². The van der Waals surface area contributed by atoms with Crippen molar-refractivity contribution in [2.75, 3.05) is 65.1 Å². The Bertz CT molecular complexity index is 832. The van der Waals surface area contributed by atoms with Gasteiger partial charge < -0.3 is 28.6 Å². The zero-order valence-corrected chi connectivity index (χ0v) is 16.8. The molecule has 11 nitrogen and oxygen atoms in total. The highest BCUT2D eigenvalue weighted by Crippen LogP contribution is 2.37. The molecule has 156 valence electrons. The van der Waals surface area contributed by atoms with E-state index in [1.807, 2.05) is 4.90 Å². The Balaban J connectivity index is 1.79. The van der Waals surface area contributed by atoms with Gasteiger partial charge in [0.25, 0.3) is 5.95 Å². The van der Waals surface area contributed by atoms with Crippen LogP contribution < -0.4 is 29.3 Å². The second-order valence-corrected chi connectivity index (χ2v) is 5.87. The first-order valence-corrected chi connectivity index (χ1v) is 8.90. The minimum atomic E-state index is 0.201. The lowest BCUT2D eigenvalue weighted by Gasteiger charge is -2.26. The SMILES string of the molecule is COc1nc(N/N=C\c2cc(OC)c(OC)c(OC)c2)nc(N2CCOCC2)n1. The third kappa shape index (κ3) is 4.93. The average Bonchev–Trinajstić information content (AvgIpc) is 2.78. The fourth-order valence-electron chi connectivity index (χ4n) is 2.73. The van der Waals surface area contributed by atoms with E-state index in [0.29, 0.717) is 49.5 Å². The summed E-state index contributed by atoms with van der Waals surface area (Å²) < 4.78 is 26.6. The van der Waals surface area contributed by atoms with Crippen LogP contribution in [0.5, 0.6) is 23.3 Å². The highest BCUT2D eigenvalue weighted by atomic mass is 16.5.